The quantitative estimate of drug-likeness (QED) is 0.468. The van der Waals surface area contributed by atoms with Crippen LogP contribution in [0.25, 0.3) is 0 Å². The van der Waals surface area contributed by atoms with E-state index < -0.39 is 40.9 Å². The predicted molar refractivity (Wildman–Crippen MR) is 108 cm³/mol. The number of fused-ring (bicyclic) bond motifs is 1. The summed E-state index contributed by atoms with van der Waals surface area (Å²) in [6.07, 6.45) is 1.02. The second kappa shape index (κ2) is 8.34. The molecule has 0 saturated heterocycles. The maximum absolute atomic E-state index is 13.9. The largest absolute Gasteiger partial charge is 0.496 e. The Balaban J connectivity index is 2.36. The van der Waals surface area contributed by atoms with Crippen LogP contribution in [-0.2, 0) is 23.8 Å². The van der Waals surface area contributed by atoms with Crippen molar-refractivity contribution in [2.45, 2.75) is 12.5 Å². The Kier molecular flexibility index (Phi) is 6.10. The van der Waals surface area contributed by atoms with Gasteiger partial charge < -0.3 is 28.4 Å². The Morgan fingerprint density at radius 3 is 2.12 bits per heavy atom. The molecule has 10 nitrogen and oxygen atoms in total. The van der Waals surface area contributed by atoms with Gasteiger partial charge in [-0.3, -0.25) is 14.4 Å². The zero-order valence-electron chi connectivity index (χ0n) is 18.2. The van der Waals surface area contributed by atoms with Crippen LogP contribution >= 0.6 is 11.6 Å². The highest BCUT2D eigenvalue weighted by Crippen LogP contribution is 2.57. The molecule has 0 fully saturated rings. The molecule has 1 aliphatic heterocycles. The molecular weight excluding hydrogens is 448 g/mol. The minimum Gasteiger partial charge on any atom is -0.496 e. The van der Waals surface area contributed by atoms with Crippen LogP contribution in [0.5, 0.6) is 17.2 Å². The third-order valence-corrected chi connectivity index (χ3v) is 6.04. The lowest BCUT2D eigenvalue weighted by atomic mass is 9.69. The van der Waals surface area contributed by atoms with E-state index in [1.165, 1.54) is 28.3 Å². The summed E-state index contributed by atoms with van der Waals surface area (Å²) in [5.41, 5.74) is -2.34. The third kappa shape index (κ3) is 2.93. The molecule has 0 N–H and O–H groups in total. The number of hydrogen-bond donors (Lipinski definition) is 0. The number of allylic oxidation sites excluding steroid dienone is 1. The number of methoxy groups -OCH3 is 5. The van der Waals surface area contributed by atoms with Crippen molar-refractivity contribution in [2.75, 3.05) is 35.5 Å². The minimum atomic E-state index is -1.94. The molecule has 32 heavy (non-hydrogen) atoms. The van der Waals surface area contributed by atoms with Gasteiger partial charge >= 0.3 is 11.9 Å². The number of ketones is 2. The molecule has 2 aliphatic rings. The van der Waals surface area contributed by atoms with Gasteiger partial charge in [0, 0.05) is 12.0 Å². The van der Waals surface area contributed by atoms with Crippen LogP contribution in [0.3, 0.4) is 0 Å². The number of ether oxygens (including phenoxy) is 6. The van der Waals surface area contributed by atoms with Crippen LogP contribution < -0.4 is 14.2 Å². The van der Waals surface area contributed by atoms with Crippen molar-refractivity contribution in [3.8, 4) is 17.2 Å². The first kappa shape index (κ1) is 23.4. The molecule has 3 unspecified atom stereocenters. The highest BCUT2D eigenvalue weighted by atomic mass is 35.5. The van der Waals surface area contributed by atoms with Gasteiger partial charge in [-0.15, -0.1) is 0 Å². The van der Waals surface area contributed by atoms with E-state index in [-0.39, 0.29) is 39.2 Å². The zero-order chi connectivity index (χ0) is 24.0. The second-order valence-electron chi connectivity index (χ2n) is 7.02. The SMILES string of the molecule is COC(=O)c1c(OC)c(Cl)c2c(c1OC)C(=O)C1(O2)C(OC)=CC(=O)C(C(=O)OC)C1C. The number of benzene rings is 1. The summed E-state index contributed by atoms with van der Waals surface area (Å²) in [4.78, 5) is 51.3. The normalized spacial score (nSPS) is 23.8. The number of halogens is 1. The molecule has 3 rings (SSSR count). The fourth-order valence-corrected chi connectivity index (χ4v) is 4.49. The molecule has 11 heteroatoms. The van der Waals surface area contributed by atoms with E-state index in [2.05, 4.69) is 0 Å². The molecule has 0 aromatic heterocycles. The van der Waals surface area contributed by atoms with Gasteiger partial charge in [0.1, 0.15) is 22.1 Å². The van der Waals surface area contributed by atoms with E-state index in [9.17, 15) is 19.2 Å². The average molecular weight is 469 g/mol. The van der Waals surface area contributed by atoms with Crippen molar-refractivity contribution >= 4 is 35.1 Å². The molecule has 1 aromatic carbocycles. The predicted octanol–water partition coefficient (Wildman–Crippen LogP) is 2.00. The van der Waals surface area contributed by atoms with Crippen molar-refractivity contribution in [3.05, 3.63) is 28.0 Å². The Bertz CT molecular complexity index is 1060. The van der Waals surface area contributed by atoms with E-state index in [1.807, 2.05) is 0 Å². The van der Waals surface area contributed by atoms with Crippen LogP contribution in [0, 0.1) is 11.8 Å². The third-order valence-electron chi connectivity index (χ3n) is 5.69. The second-order valence-corrected chi connectivity index (χ2v) is 7.40. The van der Waals surface area contributed by atoms with Crippen LogP contribution in [0.2, 0.25) is 5.02 Å². The fraction of sp³-hybridized carbons (Fsp3) is 0.429. The number of carbonyl (C=O) groups is 4. The Morgan fingerprint density at radius 2 is 1.62 bits per heavy atom. The van der Waals surface area contributed by atoms with E-state index in [4.69, 9.17) is 40.0 Å². The van der Waals surface area contributed by atoms with Gasteiger partial charge in [-0.05, 0) is 0 Å². The van der Waals surface area contributed by atoms with Gasteiger partial charge in [0.05, 0.1) is 35.5 Å². The smallest absolute Gasteiger partial charge is 0.345 e. The lowest BCUT2D eigenvalue weighted by Gasteiger charge is -2.39. The van der Waals surface area contributed by atoms with Crippen molar-refractivity contribution in [1.82, 2.24) is 0 Å². The van der Waals surface area contributed by atoms with Crippen LogP contribution in [0.15, 0.2) is 11.8 Å². The van der Waals surface area contributed by atoms with Gasteiger partial charge in [0.25, 0.3) is 0 Å². The summed E-state index contributed by atoms with van der Waals surface area (Å²) >= 11 is 6.47. The first-order valence-corrected chi connectivity index (χ1v) is 9.71. The average Bonchev–Trinajstić information content (AvgIpc) is 3.09. The molecular formula is C21H21ClO10. The minimum absolute atomic E-state index is 0.131. The zero-order valence-corrected chi connectivity index (χ0v) is 18.9. The van der Waals surface area contributed by atoms with Crippen LogP contribution in [-0.4, -0.2) is 64.7 Å². The molecule has 1 aromatic rings. The topological polar surface area (TPSA) is 124 Å². The van der Waals surface area contributed by atoms with Crippen molar-refractivity contribution < 1.29 is 47.6 Å². The maximum atomic E-state index is 13.9. The molecule has 0 saturated carbocycles. The fourth-order valence-electron chi connectivity index (χ4n) is 4.18. The maximum Gasteiger partial charge on any atom is 0.345 e. The molecule has 3 atom stereocenters. The lowest BCUT2D eigenvalue weighted by Crippen LogP contribution is -2.56. The van der Waals surface area contributed by atoms with E-state index >= 15 is 0 Å². The number of carbonyl (C=O) groups excluding carboxylic acids is 4. The molecule has 0 radical (unpaired) electrons. The summed E-state index contributed by atoms with van der Waals surface area (Å²) in [6, 6.07) is 0. The number of rotatable bonds is 5. The Labute approximate surface area is 188 Å². The van der Waals surface area contributed by atoms with Crippen molar-refractivity contribution in [3.63, 3.8) is 0 Å². The monoisotopic (exact) mass is 468 g/mol. The highest BCUT2D eigenvalue weighted by Gasteiger charge is 2.64. The number of esters is 2. The summed E-state index contributed by atoms with van der Waals surface area (Å²) in [7, 11) is 6.03. The standard InChI is InChI=1S/C21H21ClO10/c1-8-11(19(25)30-5)9(23)7-10(27-2)21(8)18(24)12-15(28-3)13(20(26)31-6)16(29-4)14(22)17(12)32-21/h7-8,11H,1-6H3. The van der Waals surface area contributed by atoms with E-state index in [1.54, 1.807) is 0 Å². The summed E-state index contributed by atoms with van der Waals surface area (Å²) in [6.45, 7) is 1.48. The number of hydrogen-bond acceptors (Lipinski definition) is 10. The van der Waals surface area contributed by atoms with Gasteiger partial charge in [0.15, 0.2) is 28.8 Å². The van der Waals surface area contributed by atoms with Crippen LogP contribution in [0.1, 0.15) is 27.6 Å². The van der Waals surface area contributed by atoms with Gasteiger partial charge in [0.2, 0.25) is 11.4 Å². The molecule has 0 amide bonds. The van der Waals surface area contributed by atoms with Gasteiger partial charge in [-0.1, -0.05) is 18.5 Å². The van der Waals surface area contributed by atoms with Gasteiger partial charge in [-0.25, -0.2) is 4.79 Å². The first-order valence-electron chi connectivity index (χ1n) is 9.33. The summed E-state index contributed by atoms with van der Waals surface area (Å²) < 4.78 is 31.6. The molecule has 1 spiro atoms. The molecule has 1 aliphatic carbocycles. The van der Waals surface area contributed by atoms with Crippen LogP contribution in [0.4, 0.5) is 0 Å². The number of Topliss-reactive ketones (excluding diaryl/α,β-unsaturated/α-hetero) is 1. The molecule has 0 bridgehead atoms. The summed E-state index contributed by atoms with van der Waals surface area (Å²) in [5, 5.41) is -0.192. The van der Waals surface area contributed by atoms with Gasteiger partial charge in [-0.2, -0.15) is 0 Å². The molecule has 1 heterocycles. The summed E-state index contributed by atoms with van der Waals surface area (Å²) in [5.74, 6) is -6.04. The Morgan fingerprint density at radius 1 is 1.00 bits per heavy atom. The first-order chi connectivity index (χ1) is 15.2. The van der Waals surface area contributed by atoms with Crippen molar-refractivity contribution in [1.29, 1.82) is 0 Å². The Hall–Kier alpha value is -3.27. The van der Waals surface area contributed by atoms with E-state index in [0.717, 1.165) is 20.3 Å². The van der Waals surface area contributed by atoms with Crippen molar-refractivity contribution in [2.24, 2.45) is 11.8 Å². The highest BCUT2D eigenvalue weighted by molar-refractivity contribution is 6.36. The lowest BCUT2D eigenvalue weighted by molar-refractivity contribution is -0.154. The molecule has 172 valence electrons. The van der Waals surface area contributed by atoms with E-state index in [0.29, 0.717) is 0 Å².